The number of hydrogen-bond acceptors (Lipinski definition) is 5. The molecule has 0 saturated carbocycles. The number of ether oxygens (including phenoxy) is 1. The molecular formula is C26H29Cl2NO5. The van der Waals surface area contributed by atoms with E-state index in [9.17, 15) is 19.5 Å². The van der Waals surface area contributed by atoms with Crippen LogP contribution in [0.4, 0.5) is 0 Å². The van der Waals surface area contributed by atoms with Crippen LogP contribution >= 0.6 is 23.2 Å². The molecule has 1 aromatic rings. The summed E-state index contributed by atoms with van der Waals surface area (Å²) in [7, 11) is 1.49. The fourth-order valence-corrected chi connectivity index (χ4v) is 6.28. The summed E-state index contributed by atoms with van der Waals surface area (Å²) in [5.74, 6) is -1.58. The van der Waals surface area contributed by atoms with Crippen molar-refractivity contribution in [3.63, 3.8) is 0 Å². The number of allylic oxidation sites excluding steroid dienone is 4. The maximum absolute atomic E-state index is 13.7. The summed E-state index contributed by atoms with van der Waals surface area (Å²) in [6.07, 6.45) is 1.62. The lowest BCUT2D eigenvalue weighted by molar-refractivity contribution is -0.138. The Balaban J connectivity index is 2.08. The Morgan fingerprint density at radius 3 is 1.94 bits per heavy atom. The lowest BCUT2D eigenvalue weighted by atomic mass is 9.63. The molecule has 0 radical (unpaired) electrons. The van der Waals surface area contributed by atoms with E-state index in [2.05, 4.69) is 0 Å². The maximum atomic E-state index is 13.7. The van der Waals surface area contributed by atoms with Gasteiger partial charge in [-0.15, -0.1) is 0 Å². The van der Waals surface area contributed by atoms with Crippen molar-refractivity contribution in [1.29, 1.82) is 0 Å². The number of ketones is 2. The maximum Gasteiger partial charge on any atom is 0.323 e. The van der Waals surface area contributed by atoms with Crippen LogP contribution in [0.25, 0.3) is 0 Å². The molecule has 0 fully saturated rings. The highest BCUT2D eigenvalue weighted by Gasteiger charge is 2.50. The molecule has 2 aliphatic carbocycles. The molecule has 6 nitrogen and oxygen atoms in total. The molecule has 0 atom stereocenters. The van der Waals surface area contributed by atoms with Crippen LogP contribution in [0.3, 0.4) is 0 Å². The van der Waals surface area contributed by atoms with Gasteiger partial charge in [-0.3, -0.25) is 14.4 Å². The van der Waals surface area contributed by atoms with Crippen LogP contribution in [0.2, 0.25) is 10.0 Å². The average molecular weight is 506 g/mol. The van der Waals surface area contributed by atoms with Crippen molar-refractivity contribution >= 4 is 40.7 Å². The monoisotopic (exact) mass is 505 g/mol. The van der Waals surface area contributed by atoms with E-state index in [1.54, 1.807) is 17.0 Å². The van der Waals surface area contributed by atoms with E-state index in [1.165, 1.54) is 7.11 Å². The van der Waals surface area contributed by atoms with Gasteiger partial charge < -0.3 is 14.7 Å². The molecule has 1 heterocycles. The van der Waals surface area contributed by atoms with E-state index >= 15 is 0 Å². The highest BCUT2D eigenvalue weighted by atomic mass is 35.5. The number of carbonyl (C=O) groups excluding carboxylic acids is 2. The van der Waals surface area contributed by atoms with Gasteiger partial charge in [0.2, 0.25) is 0 Å². The lowest BCUT2D eigenvalue weighted by Gasteiger charge is -2.48. The summed E-state index contributed by atoms with van der Waals surface area (Å²) in [5, 5.41) is 10.4. The zero-order chi connectivity index (χ0) is 25.2. The van der Waals surface area contributed by atoms with Crippen LogP contribution in [0.15, 0.2) is 34.7 Å². The minimum atomic E-state index is -1.02. The second kappa shape index (κ2) is 8.42. The third-order valence-electron chi connectivity index (χ3n) is 6.87. The number of methoxy groups -OCH3 is 1. The van der Waals surface area contributed by atoms with Crippen molar-refractivity contribution < 1.29 is 24.2 Å². The minimum absolute atomic E-state index is 0.103. The molecule has 0 aromatic heterocycles. The van der Waals surface area contributed by atoms with Gasteiger partial charge in [-0.25, -0.2) is 0 Å². The van der Waals surface area contributed by atoms with Crippen LogP contribution in [-0.4, -0.2) is 41.2 Å². The first kappa shape index (κ1) is 24.8. The number of carbonyl (C=O) groups is 3. The second-order valence-electron chi connectivity index (χ2n) is 11.0. The summed E-state index contributed by atoms with van der Waals surface area (Å²) in [6.45, 7) is 7.68. The third kappa shape index (κ3) is 4.27. The van der Waals surface area contributed by atoms with Gasteiger partial charge >= 0.3 is 5.97 Å². The molecular weight excluding hydrogens is 477 g/mol. The van der Waals surface area contributed by atoms with Crippen LogP contribution in [0.1, 0.15) is 64.9 Å². The number of carboxylic acids is 1. The van der Waals surface area contributed by atoms with Crippen LogP contribution in [-0.2, 0) is 14.4 Å². The number of Topliss-reactive ketones (excluding diaryl/α,β-unsaturated/α-hetero) is 2. The van der Waals surface area contributed by atoms with Crippen LogP contribution in [0, 0.1) is 10.8 Å². The Morgan fingerprint density at radius 2 is 1.50 bits per heavy atom. The Labute approximate surface area is 209 Å². The number of halogens is 2. The van der Waals surface area contributed by atoms with Gasteiger partial charge in [-0.2, -0.15) is 0 Å². The van der Waals surface area contributed by atoms with Crippen LogP contribution < -0.4 is 4.74 Å². The fourth-order valence-electron chi connectivity index (χ4n) is 5.69. The summed E-state index contributed by atoms with van der Waals surface area (Å²) in [4.78, 5) is 41.0. The fraction of sp³-hybridized carbons (Fsp3) is 0.500. The summed E-state index contributed by atoms with van der Waals surface area (Å²) in [5.41, 5.74) is 2.08. The third-order valence-corrected chi connectivity index (χ3v) is 7.37. The lowest BCUT2D eigenvalue weighted by Crippen LogP contribution is -2.45. The molecule has 34 heavy (non-hydrogen) atoms. The number of rotatable bonds is 4. The van der Waals surface area contributed by atoms with Crippen LogP contribution in [0.5, 0.6) is 5.75 Å². The first-order valence-electron chi connectivity index (χ1n) is 11.3. The molecule has 1 N–H and O–H groups in total. The molecule has 0 unspecified atom stereocenters. The van der Waals surface area contributed by atoms with Crippen molar-refractivity contribution in [3.05, 3.63) is 50.3 Å². The molecule has 8 heteroatoms. The molecule has 0 amide bonds. The highest BCUT2D eigenvalue weighted by molar-refractivity contribution is 6.35. The molecule has 0 bridgehead atoms. The van der Waals surface area contributed by atoms with Crippen molar-refractivity contribution in [2.24, 2.45) is 10.8 Å². The SMILES string of the molecule is COc1c(Cl)cc(Cl)cc1C1C2=C(CC(C)(C)CC2=O)N(CC(=O)O)C2=C1C(=O)CC(C)(C)C2. The molecule has 0 saturated heterocycles. The minimum Gasteiger partial charge on any atom is -0.495 e. The second-order valence-corrected chi connectivity index (χ2v) is 11.9. The zero-order valence-corrected chi connectivity index (χ0v) is 21.6. The quantitative estimate of drug-likeness (QED) is 0.558. The van der Waals surface area contributed by atoms with E-state index in [1.807, 2.05) is 27.7 Å². The Hall–Kier alpha value is -2.31. The van der Waals surface area contributed by atoms with E-state index in [-0.39, 0.29) is 34.0 Å². The van der Waals surface area contributed by atoms with E-state index in [0.29, 0.717) is 64.6 Å². The van der Waals surface area contributed by atoms with Gasteiger partial charge in [-0.05, 0) is 35.8 Å². The summed E-state index contributed by atoms with van der Waals surface area (Å²) < 4.78 is 5.62. The van der Waals surface area contributed by atoms with Crippen molar-refractivity contribution in [1.82, 2.24) is 4.90 Å². The van der Waals surface area contributed by atoms with E-state index in [4.69, 9.17) is 27.9 Å². The Kier molecular flexibility index (Phi) is 6.14. The standard InChI is InChI=1S/C26H29Cl2NO5/c1-25(2)8-16-22(18(30)10-25)21(14-6-13(27)7-15(28)24(14)34-5)23-17(29(16)12-20(32)33)9-26(3,4)11-19(23)31/h6-7,21H,8-12H2,1-5H3,(H,32,33). The highest BCUT2D eigenvalue weighted by Crippen LogP contribution is 2.56. The predicted molar refractivity (Wildman–Crippen MR) is 130 cm³/mol. The Morgan fingerprint density at radius 1 is 1.00 bits per heavy atom. The molecule has 0 spiro atoms. The topological polar surface area (TPSA) is 83.9 Å². The zero-order valence-electron chi connectivity index (χ0n) is 20.1. The molecule has 1 aliphatic heterocycles. The van der Waals surface area contributed by atoms with Crippen molar-refractivity contribution in [2.75, 3.05) is 13.7 Å². The molecule has 3 aliphatic rings. The van der Waals surface area contributed by atoms with Gasteiger partial charge in [0.25, 0.3) is 0 Å². The number of carboxylic acid groups (broad SMARTS) is 1. The van der Waals surface area contributed by atoms with Gasteiger partial charge in [-0.1, -0.05) is 50.9 Å². The summed E-state index contributed by atoms with van der Waals surface area (Å²) in [6, 6.07) is 3.26. The average Bonchev–Trinajstić information content (AvgIpc) is 2.66. The molecule has 182 valence electrons. The van der Waals surface area contributed by atoms with Crippen molar-refractivity contribution in [3.8, 4) is 5.75 Å². The number of hydrogen-bond donors (Lipinski definition) is 1. The molecule has 4 rings (SSSR count). The van der Waals surface area contributed by atoms with E-state index < -0.39 is 11.9 Å². The van der Waals surface area contributed by atoms with Crippen molar-refractivity contribution in [2.45, 2.75) is 59.3 Å². The van der Waals surface area contributed by atoms with Gasteiger partial charge in [0.15, 0.2) is 11.6 Å². The number of benzene rings is 1. The normalized spacial score (nSPS) is 22.0. The number of nitrogens with zero attached hydrogens (tertiary/aromatic N) is 1. The Bertz CT molecular complexity index is 1120. The first-order valence-corrected chi connectivity index (χ1v) is 12.0. The molecule has 1 aromatic carbocycles. The van der Waals surface area contributed by atoms with E-state index in [0.717, 1.165) is 0 Å². The van der Waals surface area contributed by atoms with Gasteiger partial charge in [0, 0.05) is 51.9 Å². The van der Waals surface area contributed by atoms with Gasteiger partial charge in [0.1, 0.15) is 12.3 Å². The largest absolute Gasteiger partial charge is 0.495 e. The smallest absolute Gasteiger partial charge is 0.323 e. The first-order chi connectivity index (χ1) is 15.7. The summed E-state index contributed by atoms with van der Waals surface area (Å²) >= 11 is 12.8. The van der Waals surface area contributed by atoms with Gasteiger partial charge in [0.05, 0.1) is 12.1 Å². The number of aliphatic carboxylic acids is 1. The predicted octanol–water partition coefficient (Wildman–Crippen LogP) is 5.77.